The van der Waals surface area contributed by atoms with E-state index >= 15 is 0 Å². The van der Waals surface area contributed by atoms with Crippen molar-refractivity contribution >= 4 is 17.3 Å². The monoisotopic (exact) mass is 296 g/mol. The molecule has 3 nitrogen and oxygen atoms in total. The van der Waals surface area contributed by atoms with Crippen LogP contribution in [0.4, 0.5) is 5.69 Å². The first kappa shape index (κ1) is 15.6. The number of hydrogen-bond acceptors (Lipinski definition) is 3. The molecule has 4 heteroatoms. The molecule has 0 spiro atoms. The summed E-state index contributed by atoms with van der Waals surface area (Å²) in [6, 6.07) is 6.61. The molecule has 0 amide bonds. The van der Waals surface area contributed by atoms with Gasteiger partial charge in [0.25, 0.3) is 0 Å². The van der Waals surface area contributed by atoms with Gasteiger partial charge in [0.2, 0.25) is 0 Å². The Balaban J connectivity index is 2.33. The maximum absolute atomic E-state index is 6.50. The zero-order chi connectivity index (χ0) is 14.8. The van der Waals surface area contributed by atoms with Crippen LogP contribution in [-0.4, -0.2) is 31.3 Å². The molecule has 2 rings (SSSR count). The Morgan fingerprint density at radius 3 is 2.80 bits per heavy atom. The Labute approximate surface area is 127 Å². The van der Waals surface area contributed by atoms with Gasteiger partial charge in [-0.3, -0.25) is 0 Å². The number of para-hydroxylation sites is 1. The van der Waals surface area contributed by atoms with Crippen LogP contribution in [0, 0.1) is 0 Å². The molecule has 0 radical (unpaired) electrons. The van der Waals surface area contributed by atoms with Gasteiger partial charge in [-0.05, 0) is 25.5 Å². The second-order valence-electron chi connectivity index (χ2n) is 6.30. The maximum atomic E-state index is 6.50. The van der Waals surface area contributed by atoms with Gasteiger partial charge in [-0.15, -0.1) is 0 Å². The van der Waals surface area contributed by atoms with Gasteiger partial charge >= 0.3 is 0 Å². The molecule has 0 saturated carbocycles. The van der Waals surface area contributed by atoms with Crippen molar-refractivity contribution in [3.8, 4) is 0 Å². The SMILES string of the molecule is CC(C)NCc1cccc(Cl)c1N1CCOCC1(C)C. The molecule has 1 aromatic carbocycles. The smallest absolute Gasteiger partial charge is 0.0694 e. The maximum Gasteiger partial charge on any atom is 0.0694 e. The van der Waals surface area contributed by atoms with Gasteiger partial charge in [-0.1, -0.05) is 37.6 Å². The summed E-state index contributed by atoms with van der Waals surface area (Å²) in [6.07, 6.45) is 0. The van der Waals surface area contributed by atoms with E-state index in [1.165, 1.54) is 5.56 Å². The number of hydrogen-bond donors (Lipinski definition) is 1. The molecule has 112 valence electrons. The molecule has 1 heterocycles. The number of ether oxygens (including phenoxy) is 1. The third kappa shape index (κ3) is 3.46. The molecule has 1 N–H and O–H groups in total. The van der Waals surface area contributed by atoms with Crippen molar-refractivity contribution in [2.24, 2.45) is 0 Å². The Morgan fingerprint density at radius 2 is 2.15 bits per heavy atom. The molecule has 1 saturated heterocycles. The number of nitrogens with one attached hydrogen (secondary N) is 1. The number of halogens is 1. The largest absolute Gasteiger partial charge is 0.377 e. The Morgan fingerprint density at radius 1 is 1.40 bits per heavy atom. The van der Waals surface area contributed by atoms with Crippen molar-refractivity contribution in [1.82, 2.24) is 5.32 Å². The van der Waals surface area contributed by atoms with Crippen LogP contribution in [0.25, 0.3) is 0 Å². The number of benzene rings is 1. The lowest BCUT2D eigenvalue weighted by Crippen LogP contribution is -2.53. The van der Waals surface area contributed by atoms with Crippen LogP contribution in [0.1, 0.15) is 33.3 Å². The van der Waals surface area contributed by atoms with Crippen molar-refractivity contribution < 1.29 is 4.74 Å². The predicted molar refractivity (Wildman–Crippen MR) is 85.7 cm³/mol. The molecule has 0 aliphatic carbocycles. The third-order valence-corrected chi connectivity index (χ3v) is 3.99. The molecular weight excluding hydrogens is 272 g/mol. The Kier molecular flexibility index (Phi) is 4.95. The van der Waals surface area contributed by atoms with Crippen LogP contribution in [0.3, 0.4) is 0 Å². The minimum Gasteiger partial charge on any atom is -0.377 e. The van der Waals surface area contributed by atoms with Crippen molar-refractivity contribution in [2.45, 2.75) is 45.8 Å². The third-order valence-electron chi connectivity index (χ3n) is 3.69. The van der Waals surface area contributed by atoms with Gasteiger partial charge in [-0.2, -0.15) is 0 Å². The summed E-state index contributed by atoms with van der Waals surface area (Å²) in [5, 5.41) is 4.30. The number of rotatable bonds is 4. The van der Waals surface area contributed by atoms with E-state index < -0.39 is 0 Å². The minimum atomic E-state index is -0.0319. The highest BCUT2D eigenvalue weighted by atomic mass is 35.5. The summed E-state index contributed by atoms with van der Waals surface area (Å²) in [5.74, 6) is 0. The average molecular weight is 297 g/mol. The fourth-order valence-electron chi connectivity index (χ4n) is 2.59. The summed E-state index contributed by atoms with van der Waals surface area (Å²) in [5.41, 5.74) is 2.37. The van der Waals surface area contributed by atoms with Crippen molar-refractivity contribution in [1.29, 1.82) is 0 Å². The summed E-state index contributed by atoms with van der Waals surface area (Å²) >= 11 is 6.50. The fourth-order valence-corrected chi connectivity index (χ4v) is 2.89. The summed E-state index contributed by atoms with van der Waals surface area (Å²) in [7, 11) is 0. The van der Waals surface area contributed by atoms with Crippen molar-refractivity contribution in [3.63, 3.8) is 0 Å². The lowest BCUT2D eigenvalue weighted by atomic mass is 9.99. The number of nitrogens with zero attached hydrogens (tertiary/aromatic N) is 1. The highest BCUT2D eigenvalue weighted by Gasteiger charge is 2.32. The molecule has 20 heavy (non-hydrogen) atoms. The quantitative estimate of drug-likeness (QED) is 0.921. The molecule has 0 atom stereocenters. The van der Waals surface area contributed by atoms with E-state index in [0.29, 0.717) is 6.04 Å². The molecule has 0 aromatic heterocycles. The molecule has 0 bridgehead atoms. The van der Waals surface area contributed by atoms with Crippen molar-refractivity contribution in [3.05, 3.63) is 28.8 Å². The van der Waals surface area contributed by atoms with Gasteiger partial charge in [0.15, 0.2) is 0 Å². The topological polar surface area (TPSA) is 24.5 Å². The first-order valence-electron chi connectivity index (χ1n) is 7.28. The second-order valence-corrected chi connectivity index (χ2v) is 6.71. The lowest BCUT2D eigenvalue weighted by Gasteiger charge is -2.45. The normalized spacial score (nSPS) is 18.6. The lowest BCUT2D eigenvalue weighted by molar-refractivity contribution is 0.0643. The van der Waals surface area contributed by atoms with Crippen LogP contribution < -0.4 is 10.2 Å². The molecule has 1 fully saturated rings. The van der Waals surface area contributed by atoms with Gasteiger partial charge in [0.1, 0.15) is 0 Å². The van der Waals surface area contributed by atoms with Crippen LogP contribution in [0.2, 0.25) is 5.02 Å². The van der Waals surface area contributed by atoms with E-state index in [0.717, 1.165) is 37.0 Å². The van der Waals surface area contributed by atoms with E-state index in [1.807, 2.05) is 12.1 Å². The summed E-state index contributed by atoms with van der Waals surface area (Å²) in [6.45, 7) is 11.9. The summed E-state index contributed by atoms with van der Waals surface area (Å²) in [4.78, 5) is 2.39. The van der Waals surface area contributed by atoms with E-state index in [1.54, 1.807) is 0 Å². The van der Waals surface area contributed by atoms with Gasteiger partial charge < -0.3 is 15.0 Å². The van der Waals surface area contributed by atoms with Crippen LogP contribution in [-0.2, 0) is 11.3 Å². The van der Waals surface area contributed by atoms with Gasteiger partial charge in [0.05, 0.1) is 29.5 Å². The van der Waals surface area contributed by atoms with Gasteiger partial charge in [0, 0.05) is 19.1 Å². The van der Waals surface area contributed by atoms with E-state index in [-0.39, 0.29) is 5.54 Å². The summed E-state index contributed by atoms with van der Waals surface area (Å²) < 4.78 is 5.61. The van der Waals surface area contributed by atoms with Crippen LogP contribution in [0.15, 0.2) is 18.2 Å². The zero-order valence-corrected chi connectivity index (χ0v) is 13.6. The van der Waals surface area contributed by atoms with Crippen LogP contribution >= 0.6 is 11.6 Å². The predicted octanol–water partition coefficient (Wildman–Crippen LogP) is 3.45. The van der Waals surface area contributed by atoms with E-state index in [2.05, 4.69) is 44.0 Å². The van der Waals surface area contributed by atoms with Gasteiger partial charge in [-0.25, -0.2) is 0 Å². The molecule has 0 unspecified atom stereocenters. The molecular formula is C16H25ClN2O. The average Bonchev–Trinajstić information content (AvgIpc) is 2.37. The zero-order valence-electron chi connectivity index (χ0n) is 12.9. The molecule has 1 aliphatic heterocycles. The van der Waals surface area contributed by atoms with E-state index in [4.69, 9.17) is 16.3 Å². The second kappa shape index (κ2) is 6.33. The molecule has 1 aromatic rings. The number of anilines is 1. The van der Waals surface area contributed by atoms with E-state index in [9.17, 15) is 0 Å². The standard InChI is InChI=1S/C16H25ClN2O/c1-12(2)18-10-13-6-5-7-14(17)15(13)19-8-9-20-11-16(19,3)4/h5-7,12,18H,8-11H2,1-4H3. The fraction of sp³-hybridized carbons (Fsp3) is 0.625. The first-order valence-corrected chi connectivity index (χ1v) is 7.66. The first-order chi connectivity index (χ1) is 9.42. The Bertz CT molecular complexity index is 460. The minimum absolute atomic E-state index is 0.0319. The highest BCUT2D eigenvalue weighted by molar-refractivity contribution is 6.33. The number of morpholine rings is 1. The Hall–Kier alpha value is -0.770. The van der Waals surface area contributed by atoms with Crippen LogP contribution in [0.5, 0.6) is 0 Å². The van der Waals surface area contributed by atoms with Crippen molar-refractivity contribution in [2.75, 3.05) is 24.7 Å². The highest BCUT2D eigenvalue weighted by Crippen LogP contribution is 2.35. The molecule has 1 aliphatic rings.